The normalized spacial score (nSPS) is 10.4. The van der Waals surface area contributed by atoms with E-state index < -0.39 is 23.4 Å². The maximum atomic E-state index is 12.8. The lowest BCUT2D eigenvalue weighted by molar-refractivity contribution is 0.0952. The molecule has 1 N–H and O–H groups in total. The minimum atomic E-state index is -1.57. The van der Waals surface area contributed by atoms with Crippen molar-refractivity contribution in [1.29, 1.82) is 0 Å². The molecule has 2 nitrogen and oxygen atoms in total. The van der Waals surface area contributed by atoms with Crippen LogP contribution in [-0.4, -0.2) is 24.5 Å². The maximum absolute atomic E-state index is 12.8. The smallest absolute Gasteiger partial charge is 0.251 e. The quantitative estimate of drug-likeness (QED) is 0.653. The van der Waals surface area contributed by atoms with Crippen molar-refractivity contribution < 1.29 is 18.0 Å². The Morgan fingerprint density at radius 1 is 1.29 bits per heavy atom. The van der Waals surface area contributed by atoms with Crippen molar-refractivity contribution in [2.24, 2.45) is 0 Å². The minimum Gasteiger partial charge on any atom is -0.352 e. The first-order valence-electron chi connectivity index (χ1n) is 4.98. The molecule has 1 amide bonds. The lowest BCUT2D eigenvalue weighted by atomic mass is 10.2. The van der Waals surface area contributed by atoms with Gasteiger partial charge in [0, 0.05) is 12.1 Å². The van der Waals surface area contributed by atoms with E-state index in [1.807, 2.05) is 6.26 Å². The lowest BCUT2D eigenvalue weighted by Gasteiger charge is -2.05. The fourth-order valence-corrected chi connectivity index (χ4v) is 1.64. The fraction of sp³-hybridized carbons (Fsp3) is 0.364. The summed E-state index contributed by atoms with van der Waals surface area (Å²) in [6, 6.07) is 1.37. The molecule has 0 aliphatic carbocycles. The molecule has 6 heteroatoms. The van der Waals surface area contributed by atoms with E-state index in [1.54, 1.807) is 11.8 Å². The SMILES string of the molecule is CSCCCNC(=O)c1cc(F)c(F)c(F)c1. The molecule has 0 radical (unpaired) electrons. The van der Waals surface area contributed by atoms with Crippen LogP contribution in [0.1, 0.15) is 16.8 Å². The second-order valence-corrected chi connectivity index (χ2v) is 4.34. The number of amides is 1. The van der Waals surface area contributed by atoms with Gasteiger partial charge >= 0.3 is 0 Å². The van der Waals surface area contributed by atoms with Crippen molar-refractivity contribution >= 4 is 17.7 Å². The Morgan fingerprint density at radius 3 is 2.41 bits per heavy atom. The molecule has 0 spiro atoms. The van der Waals surface area contributed by atoms with E-state index in [4.69, 9.17) is 0 Å². The number of rotatable bonds is 5. The Hall–Kier alpha value is -1.17. The van der Waals surface area contributed by atoms with Crippen molar-refractivity contribution in [3.05, 3.63) is 35.1 Å². The Bertz CT molecular complexity index is 389. The van der Waals surface area contributed by atoms with Crippen molar-refractivity contribution in [2.45, 2.75) is 6.42 Å². The molecule has 0 saturated heterocycles. The van der Waals surface area contributed by atoms with Gasteiger partial charge in [0.25, 0.3) is 5.91 Å². The summed E-state index contributed by atoms with van der Waals surface area (Å²) in [7, 11) is 0. The molecule has 0 unspecified atom stereocenters. The second kappa shape index (κ2) is 6.54. The summed E-state index contributed by atoms with van der Waals surface area (Å²) in [6.45, 7) is 0.417. The van der Waals surface area contributed by atoms with E-state index in [9.17, 15) is 18.0 Å². The Labute approximate surface area is 102 Å². The average molecular weight is 263 g/mol. The zero-order chi connectivity index (χ0) is 12.8. The van der Waals surface area contributed by atoms with Gasteiger partial charge in [0.2, 0.25) is 0 Å². The van der Waals surface area contributed by atoms with E-state index >= 15 is 0 Å². The molecule has 0 atom stereocenters. The number of benzene rings is 1. The highest BCUT2D eigenvalue weighted by molar-refractivity contribution is 7.98. The third-order valence-corrected chi connectivity index (χ3v) is 2.75. The molecule has 0 bridgehead atoms. The Morgan fingerprint density at radius 2 is 1.88 bits per heavy atom. The van der Waals surface area contributed by atoms with Crippen LogP contribution >= 0.6 is 11.8 Å². The van der Waals surface area contributed by atoms with Crippen LogP contribution in [0.4, 0.5) is 13.2 Å². The minimum absolute atomic E-state index is 0.217. The predicted molar refractivity (Wildman–Crippen MR) is 61.6 cm³/mol. The average Bonchev–Trinajstić information content (AvgIpc) is 2.30. The van der Waals surface area contributed by atoms with E-state index in [0.717, 1.165) is 12.2 Å². The Kier molecular flexibility index (Phi) is 5.34. The summed E-state index contributed by atoms with van der Waals surface area (Å²) in [5.74, 6) is -4.02. The molecule has 0 fully saturated rings. The number of nitrogens with one attached hydrogen (secondary N) is 1. The second-order valence-electron chi connectivity index (χ2n) is 3.36. The highest BCUT2D eigenvalue weighted by atomic mass is 32.2. The lowest BCUT2D eigenvalue weighted by Crippen LogP contribution is -2.25. The van der Waals surface area contributed by atoms with Crippen LogP contribution in [0, 0.1) is 17.5 Å². The molecule has 0 heterocycles. The summed E-state index contributed by atoms with van der Waals surface area (Å²) < 4.78 is 38.3. The number of halogens is 3. The van der Waals surface area contributed by atoms with Gasteiger partial charge < -0.3 is 5.32 Å². The van der Waals surface area contributed by atoms with Gasteiger partial charge in [-0.3, -0.25) is 4.79 Å². The molecule has 0 aliphatic heterocycles. The molecular formula is C11H12F3NOS. The standard InChI is InChI=1S/C11H12F3NOS/c1-17-4-2-3-15-11(16)7-5-8(12)10(14)9(13)6-7/h5-6H,2-4H2,1H3,(H,15,16). The molecular weight excluding hydrogens is 251 g/mol. The van der Waals surface area contributed by atoms with E-state index in [2.05, 4.69) is 5.32 Å². The van der Waals surface area contributed by atoms with Gasteiger partial charge in [-0.25, -0.2) is 13.2 Å². The summed E-state index contributed by atoms with van der Waals surface area (Å²) in [5, 5.41) is 2.50. The highest BCUT2D eigenvalue weighted by Gasteiger charge is 2.14. The zero-order valence-corrected chi connectivity index (χ0v) is 10.0. The number of carbonyl (C=O) groups excluding carboxylic acids is 1. The molecule has 1 aromatic rings. The van der Waals surface area contributed by atoms with Crippen LogP contribution in [0.25, 0.3) is 0 Å². The van der Waals surface area contributed by atoms with Gasteiger partial charge in [0.05, 0.1) is 0 Å². The summed E-state index contributed by atoms with van der Waals surface area (Å²) >= 11 is 1.64. The molecule has 1 rings (SSSR count). The van der Waals surface area contributed by atoms with Crippen LogP contribution in [0.15, 0.2) is 12.1 Å². The molecule has 17 heavy (non-hydrogen) atoms. The van der Waals surface area contributed by atoms with Gasteiger partial charge in [0.1, 0.15) is 0 Å². The first-order valence-corrected chi connectivity index (χ1v) is 6.37. The van der Waals surface area contributed by atoms with Crippen LogP contribution in [0.2, 0.25) is 0 Å². The van der Waals surface area contributed by atoms with Gasteiger partial charge in [-0.05, 0) is 30.6 Å². The van der Waals surface area contributed by atoms with E-state index in [0.29, 0.717) is 18.7 Å². The number of hydrogen-bond acceptors (Lipinski definition) is 2. The zero-order valence-electron chi connectivity index (χ0n) is 9.23. The summed E-state index contributed by atoms with van der Waals surface area (Å²) in [4.78, 5) is 11.4. The highest BCUT2D eigenvalue weighted by Crippen LogP contribution is 2.13. The van der Waals surface area contributed by atoms with Crippen molar-refractivity contribution in [3.63, 3.8) is 0 Å². The molecule has 0 aliphatic rings. The number of thioether (sulfide) groups is 1. The van der Waals surface area contributed by atoms with Gasteiger partial charge in [0.15, 0.2) is 17.5 Å². The molecule has 94 valence electrons. The molecule has 0 aromatic heterocycles. The van der Waals surface area contributed by atoms with Crippen LogP contribution in [-0.2, 0) is 0 Å². The topological polar surface area (TPSA) is 29.1 Å². The summed E-state index contributed by atoms with van der Waals surface area (Å²) in [5.41, 5.74) is -0.217. The molecule has 1 aromatic carbocycles. The van der Waals surface area contributed by atoms with Gasteiger partial charge in [-0.2, -0.15) is 11.8 Å². The van der Waals surface area contributed by atoms with Crippen molar-refractivity contribution in [2.75, 3.05) is 18.6 Å². The van der Waals surface area contributed by atoms with Gasteiger partial charge in [-0.1, -0.05) is 0 Å². The maximum Gasteiger partial charge on any atom is 0.251 e. The third kappa shape index (κ3) is 3.96. The number of hydrogen-bond donors (Lipinski definition) is 1. The molecule has 0 saturated carbocycles. The first-order chi connectivity index (χ1) is 8.06. The van der Waals surface area contributed by atoms with Gasteiger partial charge in [-0.15, -0.1) is 0 Å². The van der Waals surface area contributed by atoms with Crippen molar-refractivity contribution in [1.82, 2.24) is 5.32 Å². The van der Waals surface area contributed by atoms with Crippen LogP contribution in [0.5, 0.6) is 0 Å². The van der Waals surface area contributed by atoms with Crippen LogP contribution < -0.4 is 5.32 Å². The largest absolute Gasteiger partial charge is 0.352 e. The van der Waals surface area contributed by atoms with E-state index in [1.165, 1.54) is 0 Å². The van der Waals surface area contributed by atoms with Crippen LogP contribution in [0.3, 0.4) is 0 Å². The first kappa shape index (κ1) is 13.9. The van der Waals surface area contributed by atoms with E-state index in [-0.39, 0.29) is 5.56 Å². The Balaban J connectivity index is 2.63. The predicted octanol–water partition coefficient (Wildman–Crippen LogP) is 2.59. The van der Waals surface area contributed by atoms with Crippen molar-refractivity contribution in [3.8, 4) is 0 Å². The third-order valence-electron chi connectivity index (χ3n) is 2.06. The summed E-state index contributed by atoms with van der Waals surface area (Å²) in [6.07, 6.45) is 2.70. The fourth-order valence-electron chi connectivity index (χ4n) is 1.21. The number of carbonyl (C=O) groups is 1. The monoisotopic (exact) mass is 263 g/mol.